The van der Waals surface area contributed by atoms with Crippen molar-refractivity contribution in [1.82, 2.24) is 0 Å². The molecule has 1 saturated carbocycles. The van der Waals surface area contributed by atoms with Crippen molar-refractivity contribution in [3.63, 3.8) is 0 Å². The Morgan fingerprint density at radius 2 is 1.31 bits per heavy atom. The molecule has 1 fully saturated rings. The molecule has 0 saturated heterocycles. The van der Waals surface area contributed by atoms with E-state index in [1.165, 1.54) is 51.4 Å². The molecule has 0 aromatic carbocycles. The minimum Gasteiger partial charge on any atom is -0.0599 e. The number of rotatable bonds is 0. The molecular weight excluding hydrogens is 192 g/mol. The van der Waals surface area contributed by atoms with Gasteiger partial charge in [0.05, 0.1) is 0 Å². The summed E-state index contributed by atoms with van der Waals surface area (Å²) in [7, 11) is 0. The molecule has 1 rings (SSSR count). The summed E-state index contributed by atoms with van der Waals surface area (Å²) < 4.78 is 0. The predicted octanol–water partition coefficient (Wildman–Crippen LogP) is 5.81. The zero-order valence-corrected chi connectivity index (χ0v) is 12.2. The standard InChI is InChI=1S/C16H32/c1-15(2,3)14-12-10-8-6-7-9-11-13-16(14,4)5/h14H,6-13H2,1-5H3. The minimum absolute atomic E-state index is 0.475. The maximum atomic E-state index is 2.50. The van der Waals surface area contributed by atoms with Crippen molar-refractivity contribution < 1.29 is 0 Å². The SMILES string of the molecule is CC(C)(C)C1CCCCCCCCC1(C)C. The smallest absolute Gasteiger partial charge is 0.0314 e. The van der Waals surface area contributed by atoms with Crippen molar-refractivity contribution in [3.05, 3.63) is 0 Å². The van der Waals surface area contributed by atoms with E-state index >= 15 is 0 Å². The molecule has 0 aromatic rings. The summed E-state index contributed by atoms with van der Waals surface area (Å²) >= 11 is 0. The molecule has 0 spiro atoms. The van der Waals surface area contributed by atoms with Crippen LogP contribution in [0.1, 0.15) is 86.0 Å². The molecule has 96 valence electrons. The Balaban J connectivity index is 2.72. The molecule has 0 N–H and O–H groups in total. The fourth-order valence-corrected chi connectivity index (χ4v) is 3.81. The quantitative estimate of drug-likeness (QED) is 0.487. The van der Waals surface area contributed by atoms with Crippen molar-refractivity contribution >= 4 is 0 Å². The summed E-state index contributed by atoms with van der Waals surface area (Å²) in [5, 5.41) is 0. The third-order valence-electron chi connectivity index (χ3n) is 4.55. The molecule has 0 radical (unpaired) electrons. The highest BCUT2D eigenvalue weighted by atomic mass is 14.4. The van der Waals surface area contributed by atoms with Gasteiger partial charge in [0.25, 0.3) is 0 Å². The second kappa shape index (κ2) is 5.56. The van der Waals surface area contributed by atoms with Crippen LogP contribution in [-0.4, -0.2) is 0 Å². The van der Waals surface area contributed by atoms with Crippen LogP contribution in [0.4, 0.5) is 0 Å². The van der Waals surface area contributed by atoms with Crippen LogP contribution in [-0.2, 0) is 0 Å². The zero-order chi connectivity index (χ0) is 12.2. The Labute approximate surface area is 103 Å². The molecule has 1 aliphatic rings. The largest absolute Gasteiger partial charge is 0.0599 e. The van der Waals surface area contributed by atoms with Gasteiger partial charge in [0.2, 0.25) is 0 Å². The first-order valence-corrected chi connectivity index (χ1v) is 7.34. The van der Waals surface area contributed by atoms with Gasteiger partial charge in [-0.05, 0) is 29.6 Å². The third-order valence-corrected chi connectivity index (χ3v) is 4.55. The lowest BCUT2D eigenvalue weighted by molar-refractivity contribution is 0.0629. The van der Waals surface area contributed by atoms with Crippen molar-refractivity contribution in [2.24, 2.45) is 16.7 Å². The zero-order valence-electron chi connectivity index (χ0n) is 12.2. The summed E-state index contributed by atoms with van der Waals surface area (Å²) in [5.74, 6) is 0.887. The van der Waals surface area contributed by atoms with Crippen molar-refractivity contribution in [2.45, 2.75) is 86.0 Å². The Morgan fingerprint density at radius 3 is 1.88 bits per heavy atom. The Bertz CT molecular complexity index is 195. The first kappa shape index (κ1) is 14.1. The van der Waals surface area contributed by atoms with Gasteiger partial charge in [-0.1, -0.05) is 73.1 Å². The second-order valence-electron chi connectivity index (χ2n) is 7.57. The van der Waals surface area contributed by atoms with Gasteiger partial charge in [-0.25, -0.2) is 0 Å². The minimum atomic E-state index is 0.475. The van der Waals surface area contributed by atoms with Gasteiger partial charge >= 0.3 is 0 Å². The van der Waals surface area contributed by atoms with E-state index in [9.17, 15) is 0 Å². The highest BCUT2D eigenvalue weighted by molar-refractivity contribution is 4.86. The van der Waals surface area contributed by atoms with Crippen LogP contribution in [0.5, 0.6) is 0 Å². The van der Waals surface area contributed by atoms with Crippen LogP contribution in [0, 0.1) is 16.7 Å². The number of hydrogen-bond donors (Lipinski definition) is 0. The van der Waals surface area contributed by atoms with Gasteiger partial charge in [-0.15, -0.1) is 0 Å². The second-order valence-corrected chi connectivity index (χ2v) is 7.57. The lowest BCUT2D eigenvalue weighted by Gasteiger charge is -2.44. The molecule has 0 aromatic heterocycles. The van der Waals surface area contributed by atoms with E-state index in [4.69, 9.17) is 0 Å². The molecule has 0 nitrogen and oxygen atoms in total. The van der Waals surface area contributed by atoms with Crippen LogP contribution >= 0.6 is 0 Å². The Hall–Kier alpha value is 0. The van der Waals surface area contributed by atoms with Crippen LogP contribution < -0.4 is 0 Å². The van der Waals surface area contributed by atoms with E-state index in [0.717, 1.165) is 5.92 Å². The first-order chi connectivity index (χ1) is 7.34. The molecular formula is C16H32. The van der Waals surface area contributed by atoms with Gasteiger partial charge in [0.1, 0.15) is 0 Å². The van der Waals surface area contributed by atoms with E-state index in [0.29, 0.717) is 10.8 Å². The van der Waals surface area contributed by atoms with Crippen LogP contribution in [0.3, 0.4) is 0 Å². The topological polar surface area (TPSA) is 0 Å². The molecule has 16 heavy (non-hydrogen) atoms. The summed E-state index contributed by atoms with van der Waals surface area (Å²) in [6.45, 7) is 12.3. The summed E-state index contributed by atoms with van der Waals surface area (Å²) in [6, 6.07) is 0. The molecule has 0 heterocycles. The maximum Gasteiger partial charge on any atom is -0.0314 e. The summed E-state index contributed by atoms with van der Waals surface area (Å²) in [6.07, 6.45) is 11.6. The third kappa shape index (κ3) is 4.11. The maximum absolute atomic E-state index is 2.50. The lowest BCUT2D eigenvalue weighted by Crippen LogP contribution is -2.34. The van der Waals surface area contributed by atoms with Crippen LogP contribution in [0.25, 0.3) is 0 Å². The van der Waals surface area contributed by atoms with E-state index in [1.807, 2.05) is 0 Å². The lowest BCUT2D eigenvalue weighted by atomic mass is 9.62. The van der Waals surface area contributed by atoms with E-state index in [1.54, 1.807) is 0 Å². The average molecular weight is 224 g/mol. The molecule has 0 heteroatoms. The molecule has 1 unspecified atom stereocenters. The fraction of sp³-hybridized carbons (Fsp3) is 1.00. The van der Waals surface area contributed by atoms with Gasteiger partial charge in [0.15, 0.2) is 0 Å². The molecule has 0 aliphatic heterocycles. The Kier molecular flexibility index (Phi) is 4.88. The van der Waals surface area contributed by atoms with Crippen molar-refractivity contribution in [2.75, 3.05) is 0 Å². The monoisotopic (exact) mass is 224 g/mol. The van der Waals surface area contributed by atoms with E-state index in [-0.39, 0.29) is 0 Å². The van der Waals surface area contributed by atoms with Crippen LogP contribution in [0.15, 0.2) is 0 Å². The summed E-state index contributed by atoms with van der Waals surface area (Å²) in [5.41, 5.74) is 1.01. The van der Waals surface area contributed by atoms with E-state index in [2.05, 4.69) is 34.6 Å². The predicted molar refractivity (Wildman–Crippen MR) is 73.7 cm³/mol. The number of hydrogen-bond acceptors (Lipinski definition) is 0. The summed E-state index contributed by atoms with van der Waals surface area (Å²) in [4.78, 5) is 0. The van der Waals surface area contributed by atoms with Gasteiger partial charge in [-0.3, -0.25) is 0 Å². The van der Waals surface area contributed by atoms with Crippen LogP contribution in [0.2, 0.25) is 0 Å². The van der Waals surface area contributed by atoms with E-state index < -0.39 is 0 Å². The molecule has 0 amide bonds. The highest BCUT2D eigenvalue weighted by Crippen LogP contribution is 2.46. The molecule has 1 atom stereocenters. The molecule has 1 aliphatic carbocycles. The molecule has 0 bridgehead atoms. The van der Waals surface area contributed by atoms with Crippen molar-refractivity contribution in [1.29, 1.82) is 0 Å². The fourth-order valence-electron chi connectivity index (χ4n) is 3.81. The van der Waals surface area contributed by atoms with Gasteiger partial charge in [-0.2, -0.15) is 0 Å². The average Bonchev–Trinajstić information content (AvgIpc) is 2.12. The van der Waals surface area contributed by atoms with Gasteiger partial charge < -0.3 is 0 Å². The first-order valence-electron chi connectivity index (χ1n) is 7.34. The normalized spacial score (nSPS) is 28.7. The highest BCUT2D eigenvalue weighted by Gasteiger charge is 2.36. The van der Waals surface area contributed by atoms with Gasteiger partial charge in [0, 0.05) is 0 Å². The van der Waals surface area contributed by atoms with Crippen molar-refractivity contribution in [3.8, 4) is 0 Å². The Morgan fingerprint density at radius 1 is 0.812 bits per heavy atom.